The summed E-state index contributed by atoms with van der Waals surface area (Å²) in [6, 6.07) is 0.412. The number of likely N-dealkylation sites (N-methyl/N-ethyl adjacent to an activating group) is 1. The van der Waals surface area contributed by atoms with Crippen molar-refractivity contribution in [2.24, 2.45) is 5.92 Å². The standard InChI is InChI=1S/C14H26N4O/c1-11(2)9-12(15-3)10-13-16-14(17-19-13)18-7-5-4-6-8-18/h11-12,15H,4-10H2,1-3H3. The normalized spacial score (nSPS) is 18.0. The number of piperidine rings is 1. The van der Waals surface area contributed by atoms with E-state index >= 15 is 0 Å². The van der Waals surface area contributed by atoms with Gasteiger partial charge in [0.1, 0.15) is 0 Å². The highest BCUT2D eigenvalue weighted by Crippen LogP contribution is 2.17. The summed E-state index contributed by atoms with van der Waals surface area (Å²) in [7, 11) is 2.00. The fourth-order valence-electron chi connectivity index (χ4n) is 2.63. The van der Waals surface area contributed by atoms with Gasteiger partial charge in [0.2, 0.25) is 5.89 Å². The summed E-state index contributed by atoms with van der Waals surface area (Å²) in [6.07, 6.45) is 5.72. The van der Waals surface area contributed by atoms with Crippen molar-refractivity contribution in [2.45, 2.75) is 52.0 Å². The molecule has 1 aliphatic heterocycles. The molecule has 0 amide bonds. The minimum Gasteiger partial charge on any atom is -0.338 e. The zero-order valence-electron chi connectivity index (χ0n) is 12.4. The van der Waals surface area contributed by atoms with Gasteiger partial charge in [0.25, 0.3) is 5.95 Å². The number of hydrogen-bond donors (Lipinski definition) is 1. The fraction of sp³-hybridized carbons (Fsp3) is 0.857. The van der Waals surface area contributed by atoms with E-state index in [9.17, 15) is 0 Å². The fourth-order valence-corrected chi connectivity index (χ4v) is 2.63. The molecule has 1 fully saturated rings. The Balaban J connectivity index is 1.92. The molecule has 0 saturated carbocycles. The van der Waals surface area contributed by atoms with Gasteiger partial charge in [-0.25, -0.2) is 0 Å². The Kier molecular flexibility index (Phi) is 5.19. The number of aromatic nitrogens is 2. The van der Waals surface area contributed by atoms with Crippen molar-refractivity contribution in [3.05, 3.63) is 5.89 Å². The molecule has 19 heavy (non-hydrogen) atoms. The van der Waals surface area contributed by atoms with Crippen molar-refractivity contribution in [1.82, 2.24) is 15.5 Å². The molecule has 1 unspecified atom stereocenters. The molecule has 2 rings (SSSR count). The highest BCUT2D eigenvalue weighted by Gasteiger charge is 2.19. The second-order valence-electron chi connectivity index (χ2n) is 5.86. The summed E-state index contributed by atoms with van der Waals surface area (Å²) in [5, 5.41) is 7.45. The van der Waals surface area contributed by atoms with Crippen LogP contribution in [0, 0.1) is 5.92 Å². The van der Waals surface area contributed by atoms with E-state index in [1.165, 1.54) is 19.3 Å². The van der Waals surface area contributed by atoms with Crippen LogP contribution in [-0.4, -0.2) is 36.3 Å². The maximum Gasteiger partial charge on any atom is 0.266 e. The highest BCUT2D eigenvalue weighted by molar-refractivity contribution is 5.28. The molecular weight excluding hydrogens is 240 g/mol. The van der Waals surface area contributed by atoms with Crippen LogP contribution in [0.15, 0.2) is 4.52 Å². The first kappa shape index (κ1) is 14.3. The second-order valence-corrected chi connectivity index (χ2v) is 5.86. The Morgan fingerprint density at radius 1 is 1.26 bits per heavy atom. The van der Waals surface area contributed by atoms with Gasteiger partial charge in [-0.1, -0.05) is 13.8 Å². The van der Waals surface area contributed by atoms with Gasteiger partial charge in [-0.3, -0.25) is 0 Å². The van der Waals surface area contributed by atoms with Gasteiger partial charge in [-0.05, 0) is 43.8 Å². The number of rotatable bonds is 6. The second kappa shape index (κ2) is 6.89. The third-order valence-electron chi connectivity index (χ3n) is 3.68. The first-order chi connectivity index (χ1) is 9.19. The average molecular weight is 266 g/mol. The van der Waals surface area contributed by atoms with Gasteiger partial charge in [-0.15, -0.1) is 0 Å². The molecule has 5 nitrogen and oxygen atoms in total. The third-order valence-corrected chi connectivity index (χ3v) is 3.68. The topological polar surface area (TPSA) is 54.2 Å². The lowest BCUT2D eigenvalue weighted by atomic mass is 10.0. The van der Waals surface area contributed by atoms with E-state index in [-0.39, 0.29) is 0 Å². The van der Waals surface area contributed by atoms with Crippen LogP contribution in [-0.2, 0) is 6.42 Å². The maximum atomic E-state index is 5.39. The molecular formula is C14H26N4O. The first-order valence-corrected chi connectivity index (χ1v) is 7.44. The summed E-state index contributed by atoms with van der Waals surface area (Å²) in [5.41, 5.74) is 0. The van der Waals surface area contributed by atoms with Crippen molar-refractivity contribution in [2.75, 3.05) is 25.0 Å². The Labute approximate surface area is 115 Å². The first-order valence-electron chi connectivity index (χ1n) is 7.44. The molecule has 0 spiro atoms. The van der Waals surface area contributed by atoms with Gasteiger partial charge in [0.05, 0.1) is 0 Å². The quantitative estimate of drug-likeness (QED) is 0.855. The van der Waals surface area contributed by atoms with Crippen molar-refractivity contribution >= 4 is 5.95 Å². The van der Waals surface area contributed by atoms with Crippen LogP contribution in [0.25, 0.3) is 0 Å². The molecule has 0 radical (unpaired) electrons. The Morgan fingerprint density at radius 3 is 2.63 bits per heavy atom. The SMILES string of the molecule is CNC(Cc1nc(N2CCCCC2)no1)CC(C)C. The van der Waals surface area contributed by atoms with E-state index in [0.717, 1.165) is 37.8 Å². The Bertz CT molecular complexity index is 371. The molecule has 0 aromatic carbocycles. The van der Waals surface area contributed by atoms with Crippen LogP contribution in [0.3, 0.4) is 0 Å². The van der Waals surface area contributed by atoms with Crippen LogP contribution < -0.4 is 10.2 Å². The van der Waals surface area contributed by atoms with E-state index in [4.69, 9.17) is 4.52 Å². The van der Waals surface area contributed by atoms with Gasteiger partial charge >= 0.3 is 0 Å². The molecule has 1 aromatic rings. The van der Waals surface area contributed by atoms with Gasteiger partial charge < -0.3 is 14.7 Å². The predicted molar refractivity (Wildman–Crippen MR) is 76.4 cm³/mol. The molecule has 1 atom stereocenters. The van der Waals surface area contributed by atoms with Crippen molar-refractivity contribution in [1.29, 1.82) is 0 Å². The summed E-state index contributed by atoms with van der Waals surface area (Å²) in [4.78, 5) is 6.77. The van der Waals surface area contributed by atoms with Crippen LogP contribution in [0.4, 0.5) is 5.95 Å². The van der Waals surface area contributed by atoms with Gasteiger partial charge in [0, 0.05) is 25.6 Å². The summed E-state index contributed by atoms with van der Waals surface area (Å²) in [5.74, 6) is 2.19. The zero-order chi connectivity index (χ0) is 13.7. The smallest absolute Gasteiger partial charge is 0.266 e. The Hall–Kier alpha value is -1.10. The van der Waals surface area contributed by atoms with Crippen LogP contribution in [0.5, 0.6) is 0 Å². The van der Waals surface area contributed by atoms with E-state index < -0.39 is 0 Å². The number of nitrogens with one attached hydrogen (secondary N) is 1. The van der Waals surface area contributed by atoms with Gasteiger partial charge in [-0.2, -0.15) is 4.98 Å². The lowest BCUT2D eigenvalue weighted by Gasteiger charge is -2.24. The summed E-state index contributed by atoms with van der Waals surface area (Å²) >= 11 is 0. The largest absolute Gasteiger partial charge is 0.338 e. The molecule has 5 heteroatoms. The van der Waals surface area contributed by atoms with E-state index in [1.54, 1.807) is 0 Å². The molecule has 1 N–H and O–H groups in total. The summed E-state index contributed by atoms with van der Waals surface area (Å²) < 4.78 is 5.39. The molecule has 2 heterocycles. The Morgan fingerprint density at radius 2 is 2.00 bits per heavy atom. The predicted octanol–water partition coefficient (Wildman–Crippen LogP) is 2.24. The van der Waals surface area contributed by atoms with Crippen molar-refractivity contribution in [3.63, 3.8) is 0 Å². The molecule has 0 aliphatic carbocycles. The zero-order valence-corrected chi connectivity index (χ0v) is 12.4. The van der Waals surface area contributed by atoms with Gasteiger partial charge in [0.15, 0.2) is 0 Å². The highest BCUT2D eigenvalue weighted by atomic mass is 16.5. The molecule has 1 aromatic heterocycles. The lowest BCUT2D eigenvalue weighted by molar-refractivity contribution is 0.344. The molecule has 0 bridgehead atoms. The monoisotopic (exact) mass is 266 g/mol. The van der Waals surface area contributed by atoms with E-state index in [2.05, 4.69) is 34.2 Å². The third kappa shape index (κ3) is 4.20. The molecule has 108 valence electrons. The summed E-state index contributed by atoms with van der Waals surface area (Å²) in [6.45, 7) is 6.58. The maximum absolute atomic E-state index is 5.39. The van der Waals surface area contributed by atoms with Crippen LogP contribution >= 0.6 is 0 Å². The minimum absolute atomic E-state index is 0.412. The molecule has 1 aliphatic rings. The van der Waals surface area contributed by atoms with Crippen molar-refractivity contribution < 1.29 is 4.52 Å². The van der Waals surface area contributed by atoms with E-state index in [0.29, 0.717) is 12.0 Å². The number of anilines is 1. The number of hydrogen-bond acceptors (Lipinski definition) is 5. The van der Waals surface area contributed by atoms with Crippen molar-refractivity contribution in [3.8, 4) is 0 Å². The van der Waals surface area contributed by atoms with Crippen LogP contribution in [0.1, 0.15) is 45.4 Å². The average Bonchev–Trinajstić information content (AvgIpc) is 2.87. The minimum atomic E-state index is 0.412. The van der Waals surface area contributed by atoms with Crippen LogP contribution in [0.2, 0.25) is 0 Å². The lowest BCUT2D eigenvalue weighted by Crippen LogP contribution is -2.30. The number of nitrogens with zero attached hydrogens (tertiary/aromatic N) is 3. The molecule has 1 saturated heterocycles. The van der Waals surface area contributed by atoms with E-state index in [1.807, 2.05) is 7.05 Å².